The van der Waals surface area contributed by atoms with Gasteiger partial charge in [0.25, 0.3) is 0 Å². The molecule has 1 unspecified atom stereocenters. The minimum absolute atomic E-state index is 0.422. The summed E-state index contributed by atoms with van der Waals surface area (Å²) in [4.78, 5) is 2.43. The fourth-order valence-corrected chi connectivity index (χ4v) is 2.27. The lowest BCUT2D eigenvalue weighted by molar-refractivity contribution is 0.181. The first kappa shape index (κ1) is 11.4. The molecule has 1 heterocycles. The fraction of sp³-hybridized carbons (Fsp3) is 0.538. The average Bonchev–Trinajstić information content (AvgIpc) is 2.51. The molecule has 0 spiro atoms. The second-order valence-corrected chi connectivity index (χ2v) is 4.30. The summed E-state index contributed by atoms with van der Waals surface area (Å²) in [5, 5.41) is 3.45. The molecule has 1 aliphatic heterocycles. The van der Waals surface area contributed by atoms with Gasteiger partial charge in [-0.25, -0.2) is 0 Å². The summed E-state index contributed by atoms with van der Waals surface area (Å²) in [6.07, 6.45) is 0. The topological polar surface area (TPSA) is 24.5 Å². The number of para-hydroxylation sites is 1. The third kappa shape index (κ3) is 2.36. The van der Waals surface area contributed by atoms with Crippen LogP contribution in [0.4, 0.5) is 5.69 Å². The lowest BCUT2D eigenvalue weighted by Crippen LogP contribution is -2.39. The second-order valence-electron chi connectivity index (χ2n) is 4.30. The molecule has 0 aliphatic carbocycles. The van der Waals surface area contributed by atoms with Crippen molar-refractivity contribution < 1.29 is 4.74 Å². The number of hydrogen-bond acceptors (Lipinski definition) is 3. The molecule has 1 aromatic carbocycles. The number of rotatable bonds is 3. The maximum absolute atomic E-state index is 5.25. The van der Waals surface area contributed by atoms with Crippen molar-refractivity contribution in [3.63, 3.8) is 0 Å². The van der Waals surface area contributed by atoms with E-state index in [1.54, 1.807) is 7.11 Å². The third-order valence-corrected chi connectivity index (χ3v) is 3.09. The van der Waals surface area contributed by atoms with E-state index >= 15 is 0 Å². The van der Waals surface area contributed by atoms with Gasteiger partial charge in [0.2, 0.25) is 0 Å². The molecular formula is C13H20N2O. The van der Waals surface area contributed by atoms with Gasteiger partial charge in [-0.3, -0.25) is 0 Å². The van der Waals surface area contributed by atoms with Crippen LogP contribution in [0, 0.1) is 0 Å². The molecule has 2 rings (SSSR count). The van der Waals surface area contributed by atoms with Crippen LogP contribution in [0.1, 0.15) is 12.5 Å². The predicted octanol–water partition coefficient (Wildman–Crippen LogP) is 1.63. The van der Waals surface area contributed by atoms with Crippen LogP contribution in [-0.2, 0) is 11.3 Å². The molecule has 1 atom stereocenters. The van der Waals surface area contributed by atoms with Gasteiger partial charge in [0.05, 0.1) is 6.61 Å². The minimum Gasteiger partial charge on any atom is -0.383 e. The number of nitrogens with one attached hydrogen (secondary N) is 1. The number of anilines is 1. The van der Waals surface area contributed by atoms with Crippen LogP contribution >= 0.6 is 0 Å². The van der Waals surface area contributed by atoms with E-state index in [0.717, 1.165) is 26.2 Å². The number of methoxy groups -OCH3 is 1. The highest BCUT2D eigenvalue weighted by atomic mass is 16.5. The second kappa shape index (κ2) is 5.32. The van der Waals surface area contributed by atoms with Crippen LogP contribution in [0.15, 0.2) is 24.3 Å². The Morgan fingerprint density at radius 2 is 2.25 bits per heavy atom. The van der Waals surface area contributed by atoms with Gasteiger partial charge in [-0.15, -0.1) is 0 Å². The first-order valence-electron chi connectivity index (χ1n) is 5.87. The van der Waals surface area contributed by atoms with E-state index in [1.807, 2.05) is 0 Å². The van der Waals surface area contributed by atoms with Crippen LogP contribution in [0.5, 0.6) is 0 Å². The Balaban J connectivity index is 2.25. The molecule has 0 saturated heterocycles. The zero-order chi connectivity index (χ0) is 11.4. The minimum atomic E-state index is 0.422. The fourth-order valence-electron chi connectivity index (χ4n) is 2.27. The highest BCUT2D eigenvalue weighted by Gasteiger charge is 2.18. The molecule has 0 aromatic heterocycles. The van der Waals surface area contributed by atoms with Gasteiger partial charge in [-0.1, -0.05) is 18.2 Å². The lowest BCUT2D eigenvalue weighted by Gasteiger charge is -2.30. The van der Waals surface area contributed by atoms with Gasteiger partial charge in [0.15, 0.2) is 0 Å². The number of ether oxygens (including phenoxy) is 1. The van der Waals surface area contributed by atoms with E-state index < -0.39 is 0 Å². The zero-order valence-electron chi connectivity index (χ0n) is 10.1. The molecule has 0 saturated carbocycles. The Morgan fingerprint density at radius 1 is 1.44 bits per heavy atom. The highest BCUT2D eigenvalue weighted by Crippen LogP contribution is 2.23. The van der Waals surface area contributed by atoms with Crippen LogP contribution < -0.4 is 10.2 Å². The summed E-state index contributed by atoms with van der Waals surface area (Å²) >= 11 is 0. The SMILES string of the molecule is COCC(C)N1CCNCc2ccccc21. The van der Waals surface area contributed by atoms with Crippen molar-refractivity contribution in [2.45, 2.75) is 19.5 Å². The Bertz CT molecular complexity index is 340. The molecule has 3 nitrogen and oxygen atoms in total. The number of hydrogen-bond donors (Lipinski definition) is 1. The molecule has 1 aromatic rings. The Hall–Kier alpha value is -1.06. The van der Waals surface area contributed by atoms with Gasteiger partial charge in [0, 0.05) is 38.5 Å². The maximum Gasteiger partial charge on any atom is 0.0663 e. The van der Waals surface area contributed by atoms with E-state index in [0.29, 0.717) is 6.04 Å². The Kier molecular flexibility index (Phi) is 3.80. The molecule has 0 amide bonds. The molecule has 3 heteroatoms. The molecule has 16 heavy (non-hydrogen) atoms. The molecule has 0 radical (unpaired) electrons. The van der Waals surface area contributed by atoms with Crippen LogP contribution in [0.25, 0.3) is 0 Å². The van der Waals surface area contributed by atoms with Gasteiger partial charge >= 0.3 is 0 Å². The largest absolute Gasteiger partial charge is 0.383 e. The first-order valence-corrected chi connectivity index (χ1v) is 5.87. The smallest absolute Gasteiger partial charge is 0.0663 e. The third-order valence-electron chi connectivity index (χ3n) is 3.09. The summed E-state index contributed by atoms with van der Waals surface area (Å²) in [6.45, 7) is 6.02. The summed E-state index contributed by atoms with van der Waals surface area (Å²) in [5.41, 5.74) is 2.72. The van der Waals surface area contributed by atoms with E-state index in [-0.39, 0.29) is 0 Å². The summed E-state index contributed by atoms with van der Waals surface area (Å²) in [7, 11) is 1.76. The summed E-state index contributed by atoms with van der Waals surface area (Å²) in [6, 6.07) is 9.03. The van der Waals surface area contributed by atoms with Crippen molar-refractivity contribution in [1.29, 1.82) is 0 Å². The molecule has 1 N–H and O–H groups in total. The quantitative estimate of drug-likeness (QED) is 0.838. The lowest BCUT2D eigenvalue weighted by atomic mass is 10.1. The van der Waals surface area contributed by atoms with E-state index in [9.17, 15) is 0 Å². The zero-order valence-corrected chi connectivity index (χ0v) is 10.1. The van der Waals surface area contributed by atoms with Crippen molar-refractivity contribution in [3.05, 3.63) is 29.8 Å². The molecule has 0 bridgehead atoms. The van der Waals surface area contributed by atoms with E-state index in [4.69, 9.17) is 4.74 Å². The predicted molar refractivity (Wildman–Crippen MR) is 66.8 cm³/mol. The van der Waals surface area contributed by atoms with Crippen molar-refractivity contribution in [2.24, 2.45) is 0 Å². The summed E-state index contributed by atoms with van der Waals surface area (Å²) < 4.78 is 5.25. The van der Waals surface area contributed by atoms with Gasteiger partial charge in [-0.2, -0.15) is 0 Å². The normalized spacial score (nSPS) is 17.8. The standard InChI is InChI=1S/C13H20N2O/c1-11(10-16-2)15-8-7-14-9-12-5-3-4-6-13(12)15/h3-6,11,14H,7-10H2,1-2H3. The average molecular weight is 220 g/mol. The Labute approximate surface area is 97.4 Å². The van der Waals surface area contributed by atoms with Gasteiger partial charge in [0.1, 0.15) is 0 Å². The van der Waals surface area contributed by atoms with Crippen LogP contribution in [-0.4, -0.2) is 32.8 Å². The van der Waals surface area contributed by atoms with Crippen molar-refractivity contribution >= 4 is 5.69 Å². The monoisotopic (exact) mass is 220 g/mol. The van der Waals surface area contributed by atoms with Crippen LogP contribution in [0.2, 0.25) is 0 Å². The molecule has 1 aliphatic rings. The number of fused-ring (bicyclic) bond motifs is 1. The molecule has 0 fully saturated rings. The van der Waals surface area contributed by atoms with E-state index in [1.165, 1.54) is 11.3 Å². The number of nitrogens with zero attached hydrogens (tertiary/aromatic N) is 1. The van der Waals surface area contributed by atoms with E-state index in [2.05, 4.69) is 41.4 Å². The summed E-state index contributed by atoms with van der Waals surface area (Å²) in [5.74, 6) is 0. The Morgan fingerprint density at radius 3 is 3.06 bits per heavy atom. The molecule has 88 valence electrons. The van der Waals surface area contributed by atoms with Crippen molar-refractivity contribution in [3.8, 4) is 0 Å². The number of benzene rings is 1. The van der Waals surface area contributed by atoms with Gasteiger partial charge in [-0.05, 0) is 18.6 Å². The highest BCUT2D eigenvalue weighted by molar-refractivity contribution is 5.55. The molecular weight excluding hydrogens is 200 g/mol. The van der Waals surface area contributed by atoms with Crippen molar-refractivity contribution in [1.82, 2.24) is 5.32 Å². The van der Waals surface area contributed by atoms with Gasteiger partial charge < -0.3 is 15.0 Å². The first-order chi connectivity index (χ1) is 7.83. The van der Waals surface area contributed by atoms with Crippen LogP contribution in [0.3, 0.4) is 0 Å². The van der Waals surface area contributed by atoms with Crippen molar-refractivity contribution in [2.75, 3.05) is 31.7 Å². The maximum atomic E-state index is 5.25.